The van der Waals surface area contributed by atoms with Crippen LogP contribution in [0.3, 0.4) is 0 Å². The molecule has 2 rings (SSSR count). The molecule has 0 atom stereocenters. The van der Waals surface area contributed by atoms with Gasteiger partial charge >= 0.3 is 0 Å². The highest BCUT2D eigenvalue weighted by atomic mass is 16.6. The number of nitrogens with one attached hydrogen (secondary N) is 1. The van der Waals surface area contributed by atoms with Crippen molar-refractivity contribution in [2.45, 2.75) is 58.3 Å². The van der Waals surface area contributed by atoms with Gasteiger partial charge in [0, 0.05) is 18.2 Å². The summed E-state index contributed by atoms with van der Waals surface area (Å²) in [6.45, 7) is 6.06. The highest BCUT2D eigenvalue weighted by Crippen LogP contribution is 2.30. The molecule has 1 aliphatic rings. The Morgan fingerprint density at radius 2 is 1.29 bits per heavy atom. The Morgan fingerprint density at radius 3 is 1.94 bits per heavy atom. The summed E-state index contributed by atoms with van der Waals surface area (Å²) in [4.78, 5) is 12.3. The van der Waals surface area contributed by atoms with Crippen LogP contribution in [0.15, 0.2) is 18.2 Å². The number of rotatable bonds is 9. The fourth-order valence-electron chi connectivity index (χ4n) is 3.25. The van der Waals surface area contributed by atoms with E-state index in [0.717, 1.165) is 12.8 Å². The summed E-state index contributed by atoms with van der Waals surface area (Å²) in [5.74, 6) is 1.24. The highest BCUT2D eigenvalue weighted by molar-refractivity contribution is 5.91. The van der Waals surface area contributed by atoms with E-state index in [0.29, 0.717) is 76.5 Å². The second-order valence-electron chi connectivity index (χ2n) is 7.62. The lowest BCUT2D eigenvalue weighted by atomic mass is 10.1. The van der Waals surface area contributed by atoms with Gasteiger partial charge in [-0.05, 0) is 18.6 Å². The van der Waals surface area contributed by atoms with Crippen LogP contribution in [0, 0.1) is 0 Å². The van der Waals surface area contributed by atoms with Gasteiger partial charge in [-0.1, -0.05) is 45.4 Å². The van der Waals surface area contributed by atoms with Crippen LogP contribution in [0.4, 0.5) is 5.69 Å². The summed E-state index contributed by atoms with van der Waals surface area (Å²) in [6.07, 6.45) is 8.88. The topological polar surface area (TPSA) is 75.3 Å². The first-order valence-electron chi connectivity index (χ1n) is 11.7. The van der Waals surface area contributed by atoms with Gasteiger partial charge in [0.25, 0.3) is 0 Å². The van der Waals surface area contributed by atoms with Crippen molar-refractivity contribution in [3.8, 4) is 11.5 Å². The fraction of sp³-hybridized carbons (Fsp3) is 0.708. The van der Waals surface area contributed by atoms with Crippen LogP contribution in [-0.2, 0) is 19.0 Å². The van der Waals surface area contributed by atoms with Crippen LogP contribution < -0.4 is 14.8 Å². The van der Waals surface area contributed by atoms with Crippen LogP contribution in [0.1, 0.15) is 58.3 Å². The molecular formula is C24H39NO6. The summed E-state index contributed by atoms with van der Waals surface area (Å²) in [6, 6.07) is 5.46. The van der Waals surface area contributed by atoms with E-state index in [-0.39, 0.29) is 5.91 Å². The summed E-state index contributed by atoms with van der Waals surface area (Å²) < 4.78 is 28.0. The number of fused-ring (bicyclic) bond motifs is 1. The van der Waals surface area contributed by atoms with Gasteiger partial charge in [-0.3, -0.25) is 4.79 Å². The molecule has 0 fully saturated rings. The minimum atomic E-state index is 0.0308. The largest absolute Gasteiger partial charge is 0.487 e. The zero-order valence-corrected chi connectivity index (χ0v) is 19.0. The highest BCUT2D eigenvalue weighted by Gasteiger charge is 2.10. The number of unbranched alkanes of at least 4 members (excludes halogenated alkanes) is 6. The summed E-state index contributed by atoms with van der Waals surface area (Å²) >= 11 is 0. The third-order valence-electron chi connectivity index (χ3n) is 4.95. The molecule has 0 unspecified atom stereocenters. The first-order valence-corrected chi connectivity index (χ1v) is 11.7. The Labute approximate surface area is 186 Å². The molecule has 0 saturated carbocycles. The molecule has 7 nitrogen and oxygen atoms in total. The van der Waals surface area contributed by atoms with Gasteiger partial charge in [0.1, 0.15) is 13.2 Å². The van der Waals surface area contributed by atoms with Gasteiger partial charge in [-0.2, -0.15) is 0 Å². The van der Waals surface area contributed by atoms with Crippen LogP contribution >= 0.6 is 0 Å². The van der Waals surface area contributed by atoms with Gasteiger partial charge in [0.15, 0.2) is 11.5 Å². The molecule has 0 aliphatic carbocycles. The van der Waals surface area contributed by atoms with E-state index in [4.69, 9.17) is 23.7 Å². The predicted molar refractivity (Wildman–Crippen MR) is 121 cm³/mol. The third kappa shape index (κ3) is 12.0. The molecule has 1 aromatic carbocycles. The third-order valence-corrected chi connectivity index (χ3v) is 4.95. The fourth-order valence-corrected chi connectivity index (χ4v) is 3.25. The SMILES string of the molecule is CCCCCCCCCC(=O)Nc1ccc2c(c1)OCCOCCOCCOCCO2. The number of hydrogen-bond acceptors (Lipinski definition) is 6. The number of amides is 1. The van der Waals surface area contributed by atoms with Gasteiger partial charge in [0.05, 0.1) is 39.6 Å². The maximum atomic E-state index is 12.3. The molecule has 0 aromatic heterocycles. The minimum absolute atomic E-state index is 0.0308. The van der Waals surface area contributed by atoms with E-state index < -0.39 is 0 Å². The van der Waals surface area contributed by atoms with Crippen molar-refractivity contribution in [1.29, 1.82) is 0 Å². The molecule has 176 valence electrons. The second kappa shape index (κ2) is 16.8. The predicted octanol–water partition coefficient (Wildman–Crippen LogP) is 4.59. The van der Waals surface area contributed by atoms with Crippen LogP contribution in [0.5, 0.6) is 11.5 Å². The van der Waals surface area contributed by atoms with E-state index >= 15 is 0 Å². The average Bonchev–Trinajstić information content (AvgIpc) is 2.78. The lowest BCUT2D eigenvalue weighted by Crippen LogP contribution is -2.13. The first kappa shape index (κ1) is 25.4. The smallest absolute Gasteiger partial charge is 0.224 e. The lowest BCUT2D eigenvalue weighted by molar-refractivity contribution is -0.116. The quantitative estimate of drug-likeness (QED) is 0.570. The molecule has 0 spiro atoms. The molecule has 1 amide bonds. The van der Waals surface area contributed by atoms with Crippen LogP contribution in [-0.4, -0.2) is 58.8 Å². The molecule has 1 aliphatic heterocycles. The number of benzene rings is 1. The Balaban J connectivity index is 1.80. The minimum Gasteiger partial charge on any atom is -0.487 e. The maximum Gasteiger partial charge on any atom is 0.224 e. The van der Waals surface area contributed by atoms with E-state index in [9.17, 15) is 4.79 Å². The normalized spacial score (nSPS) is 16.2. The molecular weight excluding hydrogens is 398 g/mol. The number of carbonyl (C=O) groups is 1. The zero-order valence-electron chi connectivity index (χ0n) is 19.0. The number of anilines is 1. The van der Waals surface area contributed by atoms with Crippen LogP contribution in [0.2, 0.25) is 0 Å². The number of hydrogen-bond donors (Lipinski definition) is 1. The summed E-state index contributed by atoms with van der Waals surface area (Å²) in [5.41, 5.74) is 0.707. The van der Waals surface area contributed by atoms with Crippen molar-refractivity contribution in [2.75, 3.05) is 58.2 Å². The van der Waals surface area contributed by atoms with Gasteiger partial charge in [-0.15, -0.1) is 0 Å². The zero-order chi connectivity index (χ0) is 22.0. The standard InChI is InChI=1S/C24H39NO6/c1-2-3-4-5-6-7-8-9-24(26)25-21-10-11-22-23(20-21)31-19-17-29-15-13-27-12-14-28-16-18-30-22/h10-11,20H,2-9,12-19H2,1H3,(H,25,26). The van der Waals surface area contributed by atoms with Crippen molar-refractivity contribution >= 4 is 11.6 Å². The van der Waals surface area contributed by atoms with Crippen molar-refractivity contribution in [3.63, 3.8) is 0 Å². The van der Waals surface area contributed by atoms with Crippen molar-refractivity contribution in [1.82, 2.24) is 0 Å². The Bertz CT molecular complexity index is 610. The maximum absolute atomic E-state index is 12.3. The van der Waals surface area contributed by atoms with Crippen LogP contribution in [0.25, 0.3) is 0 Å². The average molecular weight is 438 g/mol. The van der Waals surface area contributed by atoms with Gasteiger partial charge in [0.2, 0.25) is 5.91 Å². The molecule has 1 heterocycles. The number of carbonyl (C=O) groups excluding carboxylic acids is 1. The summed E-state index contributed by atoms with van der Waals surface area (Å²) in [7, 11) is 0. The van der Waals surface area contributed by atoms with E-state index in [1.807, 2.05) is 12.1 Å². The molecule has 0 saturated heterocycles. The Morgan fingerprint density at radius 1 is 0.742 bits per heavy atom. The molecule has 7 heteroatoms. The Hall–Kier alpha value is -1.83. The molecule has 1 N–H and O–H groups in total. The molecule has 0 radical (unpaired) electrons. The van der Waals surface area contributed by atoms with Crippen molar-refractivity contribution < 1.29 is 28.5 Å². The van der Waals surface area contributed by atoms with Crippen molar-refractivity contribution in [3.05, 3.63) is 18.2 Å². The van der Waals surface area contributed by atoms with E-state index in [1.54, 1.807) is 6.07 Å². The Kier molecular flexibility index (Phi) is 13.8. The van der Waals surface area contributed by atoms with Gasteiger partial charge < -0.3 is 29.0 Å². The lowest BCUT2D eigenvalue weighted by Gasteiger charge is -2.15. The monoisotopic (exact) mass is 437 g/mol. The van der Waals surface area contributed by atoms with E-state index in [2.05, 4.69) is 12.2 Å². The first-order chi connectivity index (χ1) is 15.3. The second-order valence-corrected chi connectivity index (χ2v) is 7.62. The van der Waals surface area contributed by atoms with E-state index in [1.165, 1.54) is 32.1 Å². The molecule has 31 heavy (non-hydrogen) atoms. The summed E-state index contributed by atoms with van der Waals surface area (Å²) in [5, 5.41) is 2.97. The molecule has 0 bridgehead atoms. The van der Waals surface area contributed by atoms with Crippen molar-refractivity contribution in [2.24, 2.45) is 0 Å². The van der Waals surface area contributed by atoms with Gasteiger partial charge in [-0.25, -0.2) is 0 Å². The number of ether oxygens (including phenoxy) is 5. The molecule has 1 aromatic rings.